The Hall–Kier alpha value is -4.40. The summed E-state index contributed by atoms with van der Waals surface area (Å²) in [4.78, 5) is 55.4. The molecule has 200 valence electrons. The van der Waals surface area contributed by atoms with Gasteiger partial charge < -0.3 is 37.1 Å². The van der Waals surface area contributed by atoms with Crippen LogP contribution in [0.1, 0.15) is 38.4 Å². The number of aromatic hydroxyl groups is 1. The second-order valence-corrected chi connectivity index (χ2v) is 8.87. The van der Waals surface area contributed by atoms with Crippen LogP contribution in [0.4, 0.5) is 5.69 Å². The predicted molar refractivity (Wildman–Crippen MR) is 135 cm³/mol. The summed E-state index contributed by atoms with van der Waals surface area (Å²) < 4.78 is 0.581. The number of aromatic nitrogens is 2. The van der Waals surface area contributed by atoms with Crippen molar-refractivity contribution < 1.29 is 34.5 Å². The molecule has 0 saturated carbocycles. The Morgan fingerprint density at radius 1 is 1.16 bits per heavy atom. The van der Waals surface area contributed by atoms with Gasteiger partial charge in [0.05, 0.1) is 17.8 Å². The Kier molecular flexibility index (Phi) is 9.37. The molecule has 1 aromatic heterocycles. The summed E-state index contributed by atoms with van der Waals surface area (Å²) in [6, 6.07) is 3.45. The van der Waals surface area contributed by atoms with Crippen LogP contribution >= 0.6 is 12.2 Å². The number of hydrogen-bond donors (Lipinski definition) is 7. The molecule has 9 N–H and O–H groups in total. The van der Waals surface area contributed by atoms with Gasteiger partial charge in [-0.2, -0.15) is 4.68 Å². The van der Waals surface area contributed by atoms with Gasteiger partial charge in [-0.15, -0.1) is 0 Å². The molecule has 2 amide bonds. The first-order chi connectivity index (χ1) is 17.2. The largest absolute Gasteiger partial charge is 0.492 e. The number of imidazole rings is 1. The van der Waals surface area contributed by atoms with Crippen molar-refractivity contribution >= 4 is 47.6 Å². The van der Waals surface area contributed by atoms with Crippen molar-refractivity contribution in [3.8, 4) is 5.88 Å². The molecule has 0 aliphatic rings. The standard InChI is InChI=1S/C22H29N7O7S/c1-10(2)17(20(35)36)28(18(33)15(9-16(31)32)25-11(3)30)29-19(34)14(27-22(29)37)8-12-4-6-13(7-5-12)26-21(23)24/h4-7,10,15,17,34H,8-9H2,1-3H3,(H,25,30)(H,27,37)(H,31,32)(H,35,36)(H4,23,24,26)/t15-,17-/m0/s1. The molecule has 0 fully saturated rings. The third-order valence-electron chi connectivity index (χ3n) is 5.14. The number of rotatable bonds is 11. The van der Waals surface area contributed by atoms with E-state index in [-0.39, 0.29) is 22.8 Å². The van der Waals surface area contributed by atoms with E-state index < -0.39 is 54.1 Å². The molecule has 14 nitrogen and oxygen atoms in total. The number of nitrogens with one attached hydrogen (secondary N) is 2. The molecule has 0 unspecified atom stereocenters. The monoisotopic (exact) mass is 535 g/mol. The third kappa shape index (κ3) is 7.30. The Morgan fingerprint density at radius 2 is 1.76 bits per heavy atom. The molecule has 0 aliphatic carbocycles. The summed E-state index contributed by atoms with van der Waals surface area (Å²) in [7, 11) is 0. The van der Waals surface area contributed by atoms with Crippen molar-refractivity contribution in [2.75, 3.05) is 5.01 Å². The van der Waals surface area contributed by atoms with Gasteiger partial charge in [-0.1, -0.05) is 26.0 Å². The van der Waals surface area contributed by atoms with Crippen molar-refractivity contribution in [1.82, 2.24) is 15.0 Å². The number of guanidine groups is 1. The smallest absolute Gasteiger partial charge is 0.328 e. The fourth-order valence-electron chi connectivity index (χ4n) is 3.64. The van der Waals surface area contributed by atoms with E-state index in [0.29, 0.717) is 16.3 Å². The van der Waals surface area contributed by atoms with Crippen LogP contribution in [0.3, 0.4) is 0 Å². The number of carboxylic acids is 2. The number of carboxylic acid groups (broad SMARTS) is 2. The summed E-state index contributed by atoms with van der Waals surface area (Å²) in [6.07, 6.45) is -0.733. The molecule has 37 heavy (non-hydrogen) atoms. The minimum absolute atomic E-state index is 0.0935. The molecule has 0 saturated heterocycles. The quantitative estimate of drug-likeness (QED) is 0.118. The summed E-state index contributed by atoms with van der Waals surface area (Å²) in [6.45, 7) is 4.13. The van der Waals surface area contributed by atoms with Gasteiger partial charge in [0.1, 0.15) is 6.04 Å². The maximum atomic E-state index is 13.5. The van der Waals surface area contributed by atoms with Crippen molar-refractivity contribution in [3.63, 3.8) is 0 Å². The van der Waals surface area contributed by atoms with Crippen LogP contribution in [0, 0.1) is 10.7 Å². The van der Waals surface area contributed by atoms with Crippen LogP contribution in [-0.4, -0.2) is 66.8 Å². The van der Waals surface area contributed by atoms with Crippen molar-refractivity contribution in [2.24, 2.45) is 22.4 Å². The minimum atomic E-state index is -1.63. The van der Waals surface area contributed by atoms with Crippen LogP contribution in [0.5, 0.6) is 5.88 Å². The molecule has 15 heteroatoms. The van der Waals surface area contributed by atoms with Crippen LogP contribution in [0.2, 0.25) is 0 Å². The maximum Gasteiger partial charge on any atom is 0.328 e. The Morgan fingerprint density at radius 3 is 2.22 bits per heavy atom. The van der Waals surface area contributed by atoms with E-state index in [0.717, 1.165) is 11.6 Å². The average molecular weight is 536 g/mol. The van der Waals surface area contributed by atoms with Gasteiger partial charge in [0.15, 0.2) is 16.8 Å². The molecule has 0 spiro atoms. The first-order valence-corrected chi connectivity index (χ1v) is 11.4. The fraction of sp³-hybridized carbons (Fsp3) is 0.364. The lowest BCUT2D eigenvalue weighted by Gasteiger charge is -2.34. The zero-order valence-corrected chi connectivity index (χ0v) is 21.2. The number of hydrogen-bond acceptors (Lipinski definition) is 7. The van der Waals surface area contributed by atoms with Gasteiger partial charge in [-0.3, -0.25) is 14.4 Å². The molecular formula is C22H29N7O7S. The summed E-state index contributed by atoms with van der Waals surface area (Å²) >= 11 is 5.31. The third-order valence-corrected chi connectivity index (χ3v) is 5.41. The number of benzene rings is 1. The lowest BCUT2D eigenvalue weighted by molar-refractivity contribution is -0.143. The number of carbonyl (C=O) groups is 4. The number of nitrogens with zero attached hydrogens (tertiary/aromatic N) is 3. The highest BCUT2D eigenvalue weighted by Gasteiger charge is 2.40. The van der Waals surface area contributed by atoms with E-state index in [2.05, 4.69) is 15.3 Å². The Bertz CT molecular complexity index is 1250. The summed E-state index contributed by atoms with van der Waals surface area (Å²) in [5.74, 6) is -6.01. The van der Waals surface area contributed by atoms with Crippen LogP contribution in [0.15, 0.2) is 29.3 Å². The number of aromatic amines is 1. The number of aliphatic imine (C=N–C) groups is 1. The Labute approximate surface area is 216 Å². The first kappa shape index (κ1) is 28.8. The second-order valence-electron chi connectivity index (χ2n) is 8.48. The lowest BCUT2D eigenvalue weighted by Crippen LogP contribution is -2.60. The van der Waals surface area contributed by atoms with Crippen molar-refractivity contribution in [1.29, 1.82) is 0 Å². The number of amides is 2. The van der Waals surface area contributed by atoms with Gasteiger partial charge >= 0.3 is 11.9 Å². The summed E-state index contributed by atoms with van der Waals surface area (Å²) in [5, 5.41) is 33.1. The van der Waals surface area contributed by atoms with Gasteiger partial charge in [0, 0.05) is 13.3 Å². The lowest BCUT2D eigenvalue weighted by atomic mass is 10.0. The maximum absolute atomic E-state index is 13.5. The van der Waals surface area contributed by atoms with Crippen LogP contribution < -0.4 is 21.8 Å². The molecular weight excluding hydrogens is 506 g/mol. The topological polar surface area (TPSA) is 229 Å². The van der Waals surface area contributed by atoms with E-state index in [9.17, 15) is 34.5 Å². The number of H-pyrrole nitrogens is 1. The fourth-order valence-corrected chi connectivity index (χ4v) is 3.94. The average Bonchev–Trinajstić information content (AvgIpc) is 3.03. The molecule has 2 rings (SSSR count). The van der Waals surface area contributed by atoms with E-state index in [1.165, 1.54) is 13.8 Å². The number of carbonyl (C=O) groups excluding carboxylic acids is 2. The van der Waals surface area contributed by atoms with Gasteiger partial charge in [0.25, 0.3) is 5.91 Å². The molecule has 2 atom stereocenters. The first-order valence-electron chi connectivity index (χ1n) is 11.0. The predicted octanol–water partition coefficient (Wildman–Crippen LogP) is 0.300. The SMILES string of the molecule is CC(=O)N[C@@H](CC(=O)O)C(=O)N([C@H](C(=O)O)C(C)C)n1c(O)c(Cc2ccc(N=C(N)N)cc2)[nH]c1=S. The highest BCUT2D eigenvalue weighted by Crippen LogP contribution is 2.25. The summed E-state index contributed by atoms with van der Waals surface area (Å²) in [5.41, 5.74) is 12.1. The van der Waals surface area contributed by atoms with Crippen LogP contribution in [-0.2, 0) is 25.6 Å². The van der Waals surface area contributed by atoms with Gasteiger partial charge in [0.2, 0.25) is 11.8 Å². The molecule has 2 aromatic rings. The second kappa shape index (κ2) is 12.0. The minimum Gasteiger partial charge on any atom is -0.492 e. The van der Waals surface area contributed by atoms with Gasteiger partial charge in [-0.05, 0) is 35.8 Å². The van der Waals surface area contributed by atoms with Crippen molar-refractivity contribution in [2.45, 2.75) is 45.7 Å². The molecule has 1 aromatic carbocycles. The van der Waals surface area contributed by atoms with Gasteiger partial charge in [-0.25, -0.2) is 14.8 Å². The van der Waals surface area contributed by atoms with Crippen LogP contribution in [0.25, 0.3) is 0 Å². The number of aliphatic carboxylic acids is 2. The van der Waals surface area contributed by atoms with E-state index in [4.69, 9.17) is 23.7 Å². The highest BCUT2D eigenvalue weighted by atomic mass is 32.1. The molecule has 0 aliphatic heterocycles. The zero-order chi connectivity index (χ0) is 28.0. The molecule has 0 radical (unpaired) electrons. The van der Waals surface area contributed by atoms with Crippen molar-refractivity contribution in [3.05, 3.63) is 40.3 Å². The molecule has 1 heterocycles. The van der Waals surface area contributed by atoms with E-state index in [1.54, 1.807) is 24.3 Å². The molecule has 0 bridgehead atoms. The normalized spacial score (nSPS) is 12.4. The number of nitrogens with two attached hydrogens (primary N) is 2. The Balaban J connectivity index is 2.60. The van der Waals surface area contributed by atoms with E-state index >= 15 is 0 Å². The van der Waals surface area contributed by atoms with E-state index in [1.807, 2.05) is 0 Å². The zero-order valence-electron chi connectivity index (χ0n) is 20.3. The highest BCUT2D eigenvalue weighted by molar-refractivity contribution is 7.71.